The second-order valence-electron chi connectivity index (χ2n) is 5.36. The molecular weight excluding hydrogens is 360 g/mol. The Hall–Kier alpha value is -1.63. The summed E-state index contributed by atoms with van der Waals surface area (Å²) in [6.45, 7) is 5.62. The van der Waals surface area contributed by atoms with Crippen LogP contribution in [0.15, 0.2) is 36.2 Å². The van der Waals surface area contributed by atoms with Crippen LogP contribution in [0, 0.1) is 5.92 Å². The Morgan fingerprint density at radius 2 is 1.84 bits per heavy atom. The molecule has 1 atom stereocenters. The topological polar surface area (TPSA) is 61.8 Å². The van der Waals surface area contributed by atoms with Crippen LogP contribution in [-0.4, -0.2) is 25.8 Å². The van der Waals surface area contributed by atoms with Crippen molar-refractivity contribution in [2.75, 3.05) is 19.8 Å². The van der Waals surface area contributed by atoms with E-state index in [0.29, 0.717) is 5.56 Å². The summed E-state index contributed by atoms with van der Waals surface area (Å²) in [6.07, 6.45) is -4.47. The molecule has 1 saturated heterocycles. The van der Waals surface area contributed by atoms with E-state index in [9.17, 15) is 22.5 Å². The number of benzene rings is 1. The normalized spacial score (nSPS) is 17.9. The zero-order chi connectivity index (χ0) is 18.7. The third kappa shape index (κ3) is 4.71. The Morgan fingerprint density at radius 3 is 2.32 bits per heavy atom. The van der Waals surface area contributed by atoms with Crippen LogP contribution >= 0.6 is 7.60 Å². The van der Waals surface area contributed by atoms with Gasteiger partial charge in [0.05, 0.1) is 31.3 Å². The van der Waals surface area contributed by atoms with Gasteiger partial charge in [0, 0.05) is 5.31 Å². The highest BCUT2D eigenvalue weighted by atomic mass is 31.2. The first-order valence-electron chi connectivity index (χ1n) is 7.58. The number of carbonyl (C=O) groups excluding carboxylic acids is 1. The summed E-state index contributed by atoms with van der Waals surface area (Å²) in [7, 11) is -3.64. The molecule has 1 heterocycles. The summed E-state index contributed by atoms with van der Waals surface area (Å²) < 4.78 is 65.6. The standard InChI is InChI=1S/C16H18F3O5P/c1-3-22-15(20)14(11(2)25(21)23-8-9-24-25)10-12-4-6-13(7-5-12)16(17,18)19/h4-7,14H,2-3,8-10H2,1H3. The number of rotatable bonds is 6. The van der Waals surface area contributed by atoms with Gasteiger partial charge < -0.3 is 13.8 Å². The van der Waals surface area contributed by atoms with Gasteiger partial charge >= 0.3 is 19.7 Å². The highest BCUT2D eigenvalue weighted by molar-refractivity contribution is 7.58. The van der Waals surface area contributed by atoms with Crippen LogP contribution in [0.4, 0.5) is 13.2 Å². The summed E-state index contributed by atoms with van der Waals surface area (Å²) in [5.41, 5.74) is -0.351. The number of esters is 1. The maximum atomic E-state index is 12.6. The summed E-state index contributed by atoms with van der Waals surface area (Å²) in [6, 6.07) is 4.36. The number of alkyl halides is 3. The van der Waals surface area contributed by atoms with E-state index in [-0.39, 0.29) is 31.6 Å². The fourth-order valence-electron chi connectivity index (χ4n) is 2.35. The minimum Gasteiger partial charge on any atom is -0.466 e. The van der Waals surface area contributed by atoms with Gasteiger partial charge in [-0.1, -0.05) is 18.7 Å². The lowest BCUT2D eigenvalue weighted by atomic mass is 9.98. The second kappa shape index (κ2) is 7.72. The van der Waals surface area contributed by atoms with E-state index in [1.807, 2.05) is 0 Å². The molecule has 1 fully saturated rings. The minimum absolute atomic E-state index is 0.0213. The number of ether oxygens (including phenoxy) is 1. The molecule has 1 aromatic rings. The molecule has 9 heteroatoms. The van der Waals surface area contributed by atoms with Crippen molar-refractivity contribution in [3.63, 3.8) is 0 Å². The van der Waals surface area contributed by atoms with E-state index in [2.05, 4.69) is 6.58 Å². The van der Waals surface area contributed by atoms with Gasteiger partial charge in [0.1, 0.15) is 0 Å². The van der Waals surface area contributed by atoms with E-state index in [1.54, 1.807) is 6.92 Å². The molecule has 1 aliphatic heterocycles. The molecule has 2 rings (SSSR count). The average molecular weight is 378 g/mol. The molecule has 1 unspecified atom stereocenters. The lowest BCUT2D eigenvalue weighted by Gasteiger charge is -2.21. The molecule has 0 aromatic heterocycles. The van der Waals surface area contributed by atoms with E-state index in [0.717, 1.165) is 12.1 Å². The Labute approximate surface area is 143 Å². The first-order chi connectivity index (χ1) is 11.7. The summed E-state index contributed by atoms with van der Waals surface area (Å²) in [5.74, 6) is -1.72. The monoisotopic (exact) mass is 378 g/mol. The molecule has 0 bridgehead atoms. The second-order valence-corrected chi connectivity index (χ2v) is 7.44. The van der Waals surface area contributed by atoms with Crippen molar-refractivity contribution in [1.82, 2.24) is 0 Å². The molecule has 0 radical (unpaired) electrons. The van der Waals surface area contributed by atoms with Crippen LogP contribution in [-0.2, 0) is 35.7 Å². The third-order valence-corrected chi connectivity index (χ3v) is 5.71. The maximum Gasteiger partial charge on any atom is 0.416 e. The quantitative estimate of drug-likeness (QED) is 0.549. The average Bonchev–Trinajstić information content (AvgIpc) is 3.00. The first-order valence-corrected chi connectivity index (χ1v) is 9.13. The molecule has 0 aliphatic carbocycles. The van der Waals surface area contributed by atoms with Gasteiger partial charge in [-0.2, -0.15) is 13.2 Å². The zero-order valence-corrected chi connectivity index (χ0v) is 14.4. The molecule has 25 heavy (non-hydrogen) atoms. The summed E-state index contributed by atoms with van der Waals surface area (Å²) >= 11 is 0. The number of hydrogen-bond acceptors (Lipinski definition) is 5. The molecule has 0 spiro atoms. The SMILES string of the molecule is C=C(C(Cc1ccc(C(F)(F)F)cc1)C(=O)OCC)P1(=O)OCCO1. The van der Waals surface area contributed by atoms with Crippen LogP contribution in [0.5, 0.6) is 0 Å². The zero-order valence-electron chi connectivity index (χ0n) is 13.5. The van der Waals surface area contributed by atoms with Crippen LogP contribution in [0.3, 0.4) is 0 Å². The van der Waals surface area contributed by atoms with Gasteiger partial charge in [0.25, 0.3) is 0 Å². The van der Waals surface area contributed by atoms with E-state index < -0.39 is 31.2 Å². The van der Waals surface area contributed by atoms with Crippen LogP contribution in [0.2, 0.25) is 0 Å². The third-order valence-electron chi connectivity index (χ3n) is 3.65. The molecule has 1 aliphatic rings. The lowest BCUT2D eigenvalue weighted by Crippen LogP contribution is -2.22. The fraction of sp³-hybridized carbons (Fsp3) is 0.438. The van der Waals surface area contributed by atoms with E-state index in [4.69, 9.17) is 13.8 Å². The predicted octanol–water partition coefficient (Wildman–Crippen LogP) is 4.18. The molecular formula is C16H18F3O5P. The Morgan fingerprint density at radius 1 is 1.28 bits per heavy atom. The smallest absolute Gasteiger partial charge is 0.416 e. The first kappa shape index (κ1) is 19.7. The van der Waals surface area contributed by atoms with Gasteiger partial charge in [0.2, 0.25) is 0 Å². The van der Waals surface area contributed by atoms with Crippen molar-refractivity contribution in [2.24, 2.45) is 5.92 Å². The molecule has 0 amide bonds. The van der Waals surface area contributed by atoms with Gasteiger partial charge in [-0.15, -0.1) is 0 Å². The minimum atomic E-state index is -4.45. The van der Waals surface area contributed by atoms with Gasteiger partial charge in [-0.3, -0.25) is 9.36 Å². The van der Waals surface area contributed by atoms with Crippen molar-refractivity contribution in [1.29, 1.82) is 0 Å². The van der Waals surface area contributed by atoms with Crippen LogP contribution in [0.1, 0.15) is 18.1 Å². The van der Waals surface area contributed by atoms with Crippen molar-refractivity contribution < 1.29 is 36.3 Å². The highest BCUT2D eigenvalue weighted by Crippen LogP contribution is 2.61. The molecule has 1 aromatic carbocycles. The number of hydrogen-bond donors (Lipinski definition) is 0. The highest BCUT2D eigenvalue weighted by Gasteiger charge is 2.41. The van der Waals surface area contributed by atoms with E-state index >= 15 is 0 Å². The predicted molar refractivity (Wildman–Crippen MR) is 83.9 cm³/mol. The lowest BCUT2D eigenvalue weighted by molar-refractivity contribution is -0.146. The molecule has 5 nitrogen and oxygen atoms in total. The Kier molecular flexibility index (Phi) is 6.08. The van der Waals surface area contributed by atoms with Crippen molar-refractivity contribution in [2.45, 2.75) is 19.5 Å². The van der Waals surface area contributed by atoms with Gasteiger partial charge in [0.15, 0.2) is 0 Å². The van der Waals surface area contributed by atoms with Gasteiger partial charge in [-0.05, 0) is 31.0 Å². The van der Waals surface area contributed by atoms with Crippen molar-refractivity contribution >= 4 is 13.6 Å². The van der Waals surface area contributed by atoms with E-state index in [1.165, 1.54) is 12.1 Å². The largest absolute Gasteiger partial charge is 0.466 e. The Balaban J connectivity index is 2.23. The Bertz CT molecular complexity index is 674. The number of halogens is 3. The maximum absolute atomic E-state index is 12.6. The molecule has 0 saturated carbocycles. The fourth-order valence-corrected chi connectivity index (χ4v) is 3.97. The molecule has 0 N–H and O–H groups in total. The number of carbonyl (C=O) groups is 1. The van der Waals surface area contributed by atoms with Gasteiger partial charge in [-0.25, -0.2) is 0 Å². The summed E-state index contributed by atoms with van der Waals surface area (Å²) in [5, 5.41) is -0.0525. The summed E-state index contributed by atoms with van der Waals surface area (Å²) in [4.78, 5) is 12.2. The van der Waals surface area contributed by atoms with Crippen molar-refractivity contribution in [3.05, 3.63) is 47.3 Å². The van der Waals surface area contributed by atoms with Crippen LogP contribution in [0.25, 0.3) is 0 Å². The van der Waals surface area contributed by atoms with Crippen molar-refractivity contribution in [3.8, 4) is 0 Å². The molecule has 138 valence electrons. The van der Waals surface area contributed by atoms with Crippen LogP contribution < -0.4 is 0 Å².